The van der Waals surface area contributed by atoms with Gasteiger partial charge in [0.15, 0.2) is 5.96 Å². The van der Waals surface area contributed by atoms with E-state index in [1.807, 2.05) is 0 Å². The van der Waals surface area contributed by atoms with Crippen LogP contribution in [0.2, 0.25) is 0 Å². The van der Waals surface area contributed by atoms with Crippen LogP contribution >= 0.6 is 0 Å². The Morgan fingerprint density at radius 1 is 1.59 bits per heavy atom. The molecule has 1 heterocycles. The molecule has 1 rings (SSSR count). The second-order valence-electron chi connectivity index (χ2n) is 4.42. The van der Waals surface area contributed by atoms with Crippen molar-refractivity contribution in [2.75, 3.05) is 39.9 Å². The number of nitrogens with one attached hydrogen (secondary N) is 1. The maximum absolute atomic E-state index is 5.80. The fourth-order valence-corrected chi connectivity index (χ4v) is 2.21. The number of ether oxygens (including phenoxy) is 1. The fraction of sp³-hybridized carbons (Fsp3) is 0.917. The number of nitrogens with zero attached hydrogens (tertiary/aromatic N) is 2. The van der Waals surface area contributed by atoms with Crippen LogP contribution in [0.15, 0.2) is 4.99 Å². The predicted octanol–water partition coefficient (Wildman–Crippen LogP) is 0.412. The van der Waals surface area contributed by atoms with Gasteiger partial charge in [-0.25, -0.2) is 0 Å². The van der Waals surface area contributed by atoms with Crippen LogP contribution in [0.3, 0.4) is 0 Å². The molecule has 0 saturated carbocycles. The molecule has 5 nitrogen and oxygen atoms in total. The number of nitrogens with two attached hydrogens (primary N) is 1. The summed E-state index contributed by atoms with van der Waals surface area (Å²) in [5.41, 5.74) is 5.80. The molecule has 0 aromatic carbocycles. The Hall–Kier alpha value is -0.810. The summed E-state index contributed by atoms with van der Waals surface area (Å²) in [6.07, 6.45) is 3.49. The summed E-state index contributed by atoms with van der Waals surface area (Å²) in [5, 5.41) is 3.10. The molecule has 0 spiro atoms. The van der Waals surface area contributed by atoms with Gasteiger partial charge in [0, 0.05) is 26.3 Å². The molecule has 0 aliphatic carbocycles. The molecule has 1 fully saturated rings. The van der Waals surface area contributed by atoms with Crippen molar-refractivity contribution in [3.05, 3.63) is 0 Å². The maximum atomic E-state index is 5.80. The van der Waals surface area contributed by atoms with Gasteiger partial charge >= 0.3 is 0 Å². The number of aliphatic imine (C=N–C) groups is 1. The van der Waals surface area contributed by atoms with Gasteiger partial charge < -0.3 is 15.8 Å². The maximum Gasteiger partial charge on any atom is 0.188 e. The van der Waals surface area contributed by atoms with Crippen molar-refractivity contribution < 1.29 is 4.74 Å². The van der Waals surface area contributed by atoms with Crippen molar-refractivity contribution in [1.82, 2.24) is 10.2 Å². The van der Waals surface area contributed by atoms with Gasteiger partial charge in [0.1, 0.15) is 0 Å². The monoisotopic (exact) mass is 242 g/mol. The zero-order valence-electron chi connectivity index (χ0n) is 11.1. The van der Waals surface area contributed by atoms with E-state index < -0.39 is 0 Å². The molecule has 1 unspecified atom stereocenters. The lowest BCUT2D eigenvalue weighted by atomic mass is 10.2. The second kappa shape index (κ2) is 8.31. The van der Waals surface area contributed by atoms with Crippen LogP contribution in [0.25, 0.3) is 0 Å². The van der Waals surface area contributed by atoms with Crippen LogP contribution in [0.5, 0.6) is 0 Å². The lowest BCUT2D eigenvalue weighted by Crippen LogP contribution is -2.36. The fourth-order valence-electron chi connectivity index (χ4n) is 2.21. The molecule has 0 aromatic heterocycles. The molecule has 1 aliphatic heterocycles. The van der Waals surface area contributed by atoms with Crippen LogP contribution in [-0.4, -0.2) is 56.8 Å². The van der Waals surface area contributed by atoms with Gasteiger partial charge in [0.05, 0.1) is 6.54 Å². The first-order valence-electron chi connectivity index (χ1n) is 6.54. The highest BCUT2D eigenvalue weighted by Crippen LogP contribution is 2.16. The van der Waals surface area contributed by atoms with Crippen molar-refractivity contribution >= 4 is 5.96 Å². The largest absolute Gasteiger partial charge is 0.385 e. The number of guanidine groups is 1. The normalized spacial score (nSPS) is 22.0. The summed E-state index contributed by atoms with van der Waals surface area (Å²) in [7, 11) is 1.71. The predicted molar refractivity (Wildman–Crippen MR) is 71.3 cm³/mol. The number of likely N-dealkylation sites (tertiary alicyclic amines) is 1. The Morgan fingerprint density at radius 2 is 2.41 bits per heavy atom. The zero-order valence-corrected chi connectivity index (χ0v) is 11.1. The van der Waals surface area contributed by atoms with Crippen LogP contribution in [0.4, 0.5) is 0 Å². The minimum absolute atomic E-state index is 0.559. The number of likely N-dealkylation sites (N-methyl/N-ethyl adjacent to an activating group) is 1. The molecule has 0 bridgehead atoms. The van der Waals surface area contributed by atoms with E-state index in [1.165, 1.54) is 19.4 Å². The van der Waals surface area contributed by atoms with Gasteiger partial charge in [-0.1, -0.05) is 6.92 Å². The third-order valence-electron chi connectivity index (χ3n) is 3.21. The third kappa shape index (κ3) is 5.37. The van der Waals surface area contributed by atoms with E-state index in [0.717, 1.165) is 32.7 Å². The minimum Gasteiger partial charge on any atom is -0.385 e. The topological polar surface area (TPSA) is 62.9 Å². The van der Waals surface area contributed by atoms with E-state index in [2.05, 4.69) is 22.1 Å². The summed E-state index contributed by atoms with van der Waals surface area (Å²) in [5.74, 6) is 0.559. The van der Waals surface area contributed by atoms with Gasteiger partial charge in [0.25, 0.3) is 0 Å². The highest BCUT2D eigenvalue weighted by atomic mass is 16.5. The van der Waals surface area contributed by atoms with Crippen LogP contribution in [0, 0.1) is 0 Å². The Bertz CT molecular complexity index is 233. The highest BCUT2D eigenvalue weighted by molar-refractivity contribution is 5.77. The second-order valence-corrected chi connectivity index (χ2v) is 4.42. The third-order valence-corrected chi connectivity index (χ3v) is 3.21. The summed E-state index contributed by atoms with van der Waals surface area (Å²) in [4.78, 5) is 6.88. The average Bonchev–Trinajstić information content (AvgIpc) is 2.79. The standard InChI is InChI=1S/C12H26N4O/c1-3-16-8-4-6-11(16)10-15-12(13)14-7-5-9-17-2/h11H,3-10H2,1-2H3,(H3,13,14,15). The van der Waals surface area contributed by atoms with Crippen molar-refractivity contribution in [3.63, 3.8) is 0 Å². The zero-order chi connectivity index (χ0) is 12.5. The summed E-state index contributed by atoms with van der Waals surface area (Å²) < 4.78 is 4.97. The molecule has 1 aliphatic rings. The molecule has 1 saturated heterocycles. The Labute approximate surface area is 104 Å². The number of hydrogen-bond donors (Lipinski definition) is 2. The molecule has 17 heavy (non-hydrogen) atoms. The summed E-state index contributed by atoms with van der Waals surface area (Å²) in [6.45, 7) is 6.92. The lowest BCUT2D eigenvalue weighted by Gasteiger charge is -2.20. The molecule has 1 atom stereocenters. The Balaban J connectivity index is 2.17. The summed E-state index contributed by atoms with van der Waals surface area (Å²) in [6, 6.07) is 0.583. The van der Waals surface area contributed by atoms with Gasteiger partial charge in [-0.3, -0.25) is 9.89 Å². The van der Waals surface area contributed by atoms with Gasteiger partial charge in [-0.05, 0) is 32.4 Å². The van der Waals surface area contributed by atoms with E-state index in [4.69, 9.17) is 10.5 Å². The quantitative estimate of drug-likeness (QED) is 0.386. The van der Waals surface area contributed by atoms with E-state index in [9.17, 15) is 0 Å². The van der Waals surface area contributed by atoms with E-state index in [1.54, 1.807) is 7.11 Å². The molecular weight excluding hydrogens is 216 g/mol. The van der Waals surface area contributed by atoms with Crippen molar-refractivity contribution in [3.8, 4) is 0 Å². The SMILES string of the molecule is CCN1CCCC1CN=C(N)NCCCOC. The van der Waals surface area contributed by atoms with Crippen molar-refractivity contribution in [2.24, 2.45) is 10.7 Å². The van der Waals surface area contributed by atoms with Crippen LogP contribution < -0.4 is 11.1 Å². The van der Waals surface area contributed by atoms with Gasteiger partial charge in [-0.2, -0.15) is 0 Å². The number of hydrogen-bond acceptors (Lipinski definition) is 3. The number of rotatable bonds is 7. The summed E-state index contributed by atoms with van der Waals surface area (Å²) >= 11 is 0. The molecular formula is C12H26N4O. The first kappa shape index (κ1) is 14.3. The van der Waals surface area contributed by atoms with Crippen LogP contribution in [0.1, 0.15) is 26.2 Å². The molecule has 5 heteroatoms. The van der Waals surface area contributed by atoms with Gasteiger partial charge in [0.2, 0.25) is 0 Å². The van der Waals surface area contributed by atoms with Crippen molar-refractivity contribution in [2.45, 2.75) is 32.2 Å². The first-order chi connectivity index (χ1) is 8.27. The van der Waals surface area contributed by atoms with E-state index in [0.29, 0.717) is 12.0 Å². The number of methoxy groups -OCH3 is 1. The highest BCUT2D eigenvalue weighted by Gasteiger charge is 2.22. The van der Waals surface area contributed by atoms with Crippen molar-refractivity contribution in [1.29, 1.82) is 0 Å². The van der Waals surface area contributed by atoms with E-state index in [-0.39, 0.29) is 0 Å². The smallest absolute Gasteiger partial charge is 0.188 e. The molecule has 0 amide bonds. The lowest BCUT2D eigenvalue weighted by molar-refractivity contribution is 0.195. The molecule has 0 aromatic rings. The first-order valence-corrected chi connectivity index (χ1v) is 6.54. The van der Waals surface area contributed by atoms with Gasteiger partial charge in [-0.15, -0.1) is 0 Å². The van der Waals surface area contributed by atoms with Crippen LogP contribution in [-0.2, 0) is 4.74 Å². The molecule has 3 N–H and O–H groups in total. The molecule has 100 valence electrons. The molecule has 0 radical (unpaired) electrons. The van der Waals surface area contributed by atoms with E-state index >= 15 is 0 Å². The Kier molecular flexibility index (Phi) is 6.96. The minimum atomic E-state index is 0.559. The Morgan fingerprint density at radius 3 is 3.12 bits per heavy atom. The average molecular weight is 242 g/mol.